The summed E-state index contributed by atoms with van der Waals surface area (Å²) in [5, 5.41) is 10.3. The van der Waals surface area contributed by atoms with Crippen LogP contribution in [0.4, 0.5) is 0 Å². The fraction of sp³-hybridized carbons (Fsp3) is 0.429. The first kappa shape index (κ1) is 14.3. The number of aryl methyl sites for hydroxylation is 1. The highest BCUT2D eigenvalue weighted by Crippen LogP contribution is 2.23. The van der Waals surface area contributed by atoms with Crippen molar-refractivity contribution in [2.24, 2.45) is 0 Å². The second kappa shape index (κ2) is 6.91. The van der Waals surface area contributed by atoms with Gasteiger partial charge in [-0.15, -0.1) is 0 Å². The van der Waals surface area contributed by atoms with Crippen LogP contribution in [0.15, 0.2) is 22.7 Å². The van der Waals surface area contributed by atoms with Gasteiger partial charge in [0.05, 0.1) is 13.3 Å². The lowest BCUT2D eigenvalue weighted by Crippen LogP contribution is -2.16. The largest absolute Gasteiger partial charge is 0.469 e. The van der Waals surface area contributed by atoms with Gasteiger partial charge in [0.15, 0.2) is 5.76 Å². The van der Waals surface area contributed by atoms with Gasteiger partial charge in [0, 0.05) is 18.5 Å². The summed E-state index contributed by atoms with van der Waals surface area (Å²) in [6.45, 7) is 3.33. The van der Waals surface area contributed by atoms with Crippen LogP contribution >= 0.6 is 0 Å². The Bertz CT molecular complexity index is 560. The maximum absolute atomic E-state index is 11.0. The Labute approximate surface area is 117 Å². The van der Waals surface area contributed by atoms with Crippen molar-refractivity contribution in [1.82, 2.24) is 15.5 Å². The summed E-state index contributed by atoms with van der Waals surface area (Å²) in [5.74, 6) is 1.47. The second-order valence-corrected chi connectivity index (χ2v) is 4.54. The molecular weight excluding hydrogens is 258 g/mol. The Balaban J connectivity index is 1.82. The molecule has 20 heavy (non-hydrogen) atoms. The highest BCUT2D eigenvalue weighted by Gasteiger charge is 2.10. The highest BCUT2D eigenvalue weighted by atomic mass is 16.5. The standard InChI is InChI=1S/C14H19N3O3/c1-10-5-6-12(20-10)14-11(9-16-17-14)8-15-7-3-4-13(18)19-2/h5-6,9,15H,3-4,7-8H2,1-2H3,(H,16,17). The molecule has 6 nitrogen and oxygen atoms in total. The number of nitrogens with one attached hydrogen (secondary N) is 2. The molecule has 0 atom stereocenters. The molecule has 2 rings (SSSR count). The first-order valence-electron chi connectivity index (χ1n) is 6.57. The molecule has 0 spiro atoms. The number of aromatic nitrogens is 2. The van der Waals surface area contributed by atoms with E-state index in [4.69, 9.17) is 4.42 Å². The molecule has 108 valence electrons. The Kier molecular flexibility index (Phi) is 4.95. The first-order valence-corrected chi connectivity index (χ1v) is 6.57. The number of nitrogens with zero attached hydrogens (tertiary/aromatic N) is 1. The summed E-state index contributed by atoms with van der Waals surface area (Å²) in [5.41, 5.74) is 1.93. The van der Waals surface area contributed by atoms with Crippen LogP contribution in [0.1, 0.15) is 24.2 Å². The van der Waals surface area contributed by atoms with Crippen LogP contribution < -0.4 is 5.32 Å². The molecule has 2 N–H and O–H groups in total. The Morgan fingerprint density at radius 1 is 1.50 bits per heavy atom. The summed E-state index contributed by atoms with van der Waals surface area (Å²) in [4.78, 5) is 11.0. The van der Waals surface area contributed by atoms with E-state index in [0.717, 1.165) is 35.7 Å². The molecule has 2 aromatic heterocycles. The molecule has 0 saturated heterocycles. The lowest BCUT2D eigenvalue weighted by atomic mass is 10.2. The zero-order valence-electron chi connectivity index (χ0n) is 11.7. The number of methoxy groups -OCH3 is 1. The highest BCUT2D eigenvalue weighted by molar-refractivity contribution is 5.69. The molecule has 0 radical (unpaired) electrons. The van der Waals surface area contributed by atoms with E-state index in [1.165, 1.54) is 7.11 Å². The third-order valence-electron chi connectivity index (χ3n) is 2.98. The molecular formula is C14H19N3O3. The zero-order chi connectivity index (χ0) is 14.4. The molecule has 0 fully saturated rings. The van der Waals surface area contributed by atoms with Crippen molar-refractivity contribution in [3.63, 3.8) is 0 Å². The molecule has 0 aliphatic heterocycles. The van der Waals surface area contributed by atoms with Gasteiger partial charge in [-0.3, -0.25) is 9.89 Å². The number of carbonyl (C=O) groups is 1. The number of aromatic amines is 1. The third kappa shape index (κ3) is 3.71. The Morgan fingerprint density at radius 3 is 3.05 bits per heavy atom. The predicted octanol–water partition coefficient (Wildman–Crippen LogP) is 2.02. The quantitative estimate of drug-likeness (QED) is 0.598. The molecule has 6 heteroatoms. The van der Waals surface area contributed by atoms with Crippen molar-refractivity contribution < 1.29 is 13.9 Å². The predicted molar refractivity (Wildman–Crippen MR) is 74.0 cm³/mol. The van der Waals surface area contributed by atoms with Crippen LogP contribution in [-0.2, 0) is 16.1 Å². The maximum Gasteiger partial charge on any atom is 0.305 e. The molecule has 0 aromatic carbocycles. The molecule has 2 aromatic rings. The molecule has 0 aliphatic rings. The van der Waals surface area contributed by atoms with Gasteiger partial charge >= 0.3 is 5.97 Å². The lowest BCUT2D eigenvalue weighted by Gasteiger charge is -2.04. The normalized spacial score (nSPS) is 10.7. The lowest BCUT2D eigenvalue weighted by molar-refractivity contribution is -0.140. The van der Waals surface area contributed by atoms with Crippen molar-refractivity contribution in [3.05, 3.63) is 29.7 Å². The van der Waals surface area contributed by atoms with Gasteiger partial charge in [-0.05, 0) is 32.0 Å². The van der Waals surface area contributed by atoms with Crippen LogP contribution in [0.3, 0.4) is 0 Å². The Hall–Kier alpha value is -2.08. The van der Waals surface area contributed by atoms with Crippen molar-refractivity contribution in [3.8, 4) is 11.5 Å². The number of hydrogen-bond donors (Lipinski definition) is 2. The minimum atomic E-state index is -0.179. The average molecular weight is 277 g/mol. The van der Waals surface area contributed by atoms with Crippen LogP contribution in [0.5, 0.6) is 0 Å². The summed E-state index contributed by atoms with van der Waals surface area (Å²) in [6, 6.07) is 3.84. The number of furan rings is 1. The maximum atomic E-state index is 11.0. The van der Waals surface area contributed by atoms with Gasteiger partial charge in [-0.2, -0.15) is 5.10 Å². The summed E-state index contributed by atoms with van der Waals surface area (Å²) in [7, 11) is 1.40. The van der Waals surface area contributed by atoms with E-state index in [2.05, 4.69) is 20.3 Å². The smallest absolute Gasteiger partial charge is 0.305 e. The fourth-order valence-corrected chi connectivity index (χ4v) is 1.91. The average Bonchev–Trinajstić information content (AvgIpc) is 3.06. The van der Waals surface area contributed by atoms with Gasteiger partial charge < -0.3 is 14.5 Å². The van der Waals surface area contributed by atoms with E-state index in [-0.39, 0.29) is 5.97 Å². The van der Waals surface area contributed by atoms with Gasteiger partial charge in [0.25, 0.3) is 0 Å². The number of H-pyrrole nitrogens is 1. The summed E-state index contributed by atoms with van der Waals surface area (Å²) in [6.07, 6.45) is 2.96. The van der Waals surface area contributed by atoms with Gasteiger partial charge in [0.2, 0.25) is 0 Å². The van der Waals surface area contributed by atoms with Crippen LogP contribution in [-0.4, -0.2) is 29.8 Å². The van der Waals surface area contributed by atoms with Crippen LogP contribution in [0.25, 0.3) is 11.5 Å². The second-order valence-electron chi connectivity index (χ2n) is 4.54. The third-order valence-corrected chi connectivity index (χ3v) is 2.98. The van der Waals surface area contributed by atoms with E-state index in [1.807, 2.05) is 19.1 Å². The number of carbonyl (C=O) groups excluding carboxylic acids is 1. The van der Waals surface area contributed by atoms with Crippen molar-refractivity contribution in [2.45, 2.75) is 26.3 Å². The molecule has 0 bridgehead atoms. The SMILES string of the molecule is COC(=O)CCCNCc1cn[nH]c1-c1ccc(C)o1. The monoisotopic (exact) mass is 277 g/mol. The van der Waals surface area contributed by atoms with Crippen LogP contribution in [0.2, 0.25) is 0 Å². The zero-order valence-corrected chi connectivity index (χ0v) is 11.7. The van der Waals surface area contributed by atoms with E-state index >= 15 is 0 Å². The summed E-state index contributed by atoms with van der Waals surface area (Å²) < 4.78 is 10.2. The topological polar surface area (TPSA) is 80.1 Å². The van der Waals surface area contributed by atoms with Crippen LogP contribution in [0, 0.1) is 6.92 Å². The fourth-order valence-electron chi connectivity index (χ4n) is 1.91. The van der Waals surface area contributed by atoms with Gasteiger partial charge in [-0.1, -0.05) is 0 Å². The molecule has 2 heterocycles. The molecule has 0 unspecified atom stereocenters. The molecule has 0 aliphatic carbocycles. The number of rotatable bonds is 7. The van der Waals surface area contributed by atoms with E-state index in [1.54, 1.807) is 6.20 Å². The van der Waals surface area contributed by atoms with E-state index in [9.17, 15) is 4.79 Å². The van der Waals surface area contributed by atoms with Gasteiger partial charge in [-0.25, -0.2) is 0 Å². The van der Waals surface area contributed by atoms with E-state index in [0.29, 0.717) is 13.0 Å². The first-order chi connectivity index (χ1) is 9.70. The minimum Gasteiger partial charge on any atom is -0.469 e. The molecule has 0 saturated carbocycles. The van der Waals surface area contributed by atoms with Crippen molar-refractivity contribution >= 4 is 5.97 Å². The van der Waals surface area contributed by atoms with E-state index < -0.39 is 0 Å². The van der Waals surface area contributed by atoms with Crippen molar-refractivity contribution in [1.29, 1.82) is 0 Å². The number of ether oxygens (including phenoxy) is 1. The number of hydrogen-bond acceptors (Lipinski definition) is 5. The summed E-state index contributed by atoms with van der Waals surface area (Å²) >= 11 is 0. The molecule has 0 amide bonds. The van der Waals surface area contributed by atoms with Gasteiger partial charge in [0.1, 0.15) is 11.5 Å². The Morgan fingerprint density at radius 2 is 2.35 bits per heavy atom. The number of esters is 1. The minimum absolute atomic E-state index is 0.179. The van der Waals surface area contributed by atoms with Crippen molar-refractivity contribution in [2.75, 3.05) is 13.7 Å².